The van der Waals surface area contributed by atoms with Gasteiger partial charge in [0, 0.05) is 17.8 Å². The van der Waals surface area contributed by atoms with Crippen molar-refractivity contribution in [2.75, 3.05) is 26.1 Å². The Balaban J connectivity index is 2.03. The van der Waals surface area contributed by atoms with Crippen LogP contribution in [0, 0.1) is 10.1 Å². The maximum atomic E-state index is 12.3. The van der Waals surface area contributed by atoms with Crippen molar-refractivity contribution in [3.8, 4) is 11.5 Å². The van der Waals surface area contributed by atoms with E-state index in [4.69, 9.17) is 14.2 Å². The normalized spacial score (nSPS) is 9.92. The van der Waals surface area contributed by atoms with E-state index in [-0.39, 0.29) is 28.4 Å². The lowest BCUT2D eigenvalue weighted by molar-refractivity contribution is -0.384. The predicted molar refractivity (Wildman–Crippen MR) is 91.6 cm³/mol. The molecule has 0 saturated heterocycles. The summed E-state index contributed by atoms with van der Waals surface area (Å²) in [6.45, 7) is -0.581. The van der Waals surface area contributed by atoms with E-state index in [1.807, 2.05) is 0 Å². The highest BCUT2D eigenvalue weighted by Crippen LogP contribution is 2.28. The molecule has 0 bridgehead atoms. The number of nitro groups is 1. The third-order valence-electron chi connectivity index (χ3n) is 3.31. The van der Waals surface area contributed by atoms with Gasteiger partial charge in [0.25, 0.3) is 11.6 Å². The molecule has 0 fully saturated rings. The minimum Gasteiger partial charge on any atom is -0.496 e. The number of methoxy groups -OCH3 is 2. The fourth-order valence-electron chi connectivity index (χ4n) is 2.15. The number of nitrogens with one attached hydrogen (secondary N) is 1. The molecule has 26 heavy (non-hydrogen) atoms. The zero-order chi connectivity index (χ0) is 19.1. The molecule has 0 heterocycles. The van der Waals surface area contributed by atoms with E-state index >= 15 is 0 Å². The smallest absolute Gasteiger partial charge is 0.346 e. The van der Waals surface area contributed by atoms with Gasteiger partial charge in [0.1, 0.15) is 17.1 Å². The Hall–Kier alpha value is -3.62. The molecule has 0 atom stereocenters. The SMILES string of the molecule is COc1cccc(OC)c1C(=O)OCC(=O)Nc1cccc([N+](=O)[O-])c1. The molecule has 2 aromatic rings. The summed E-state index contributed by atoms with van der Waals surface area (Å²) in [7, 11) is 2.78. The molecule has 0 aliphatic carbocycles. The molecule has 0 unspecified atom stereocenters. The van der Waals surface area contributed by atoms with Crippen LogP contribution in [-0.4, -0.2) is 37.6 Å². The van der Waals surface area contributed by atoms with Gasteiger partial charge >= 0.3 is 5.97 Å². The second-order valence-electron chi connectivity index (χ2n) is 4.97. The second kappa shape index (κ2) is 8.47. The summed E-state index contributed by atoms with van der Waals surface area (Å²) in [6.07, 6.45) is 0. The Labute approximate surface area is 148 Å². The Morgan fingerprint density at radius 2 is 1.69 bits per heavy atom. The van der Waals surface area contributed by atoms with Gasteiger partial charge in [0.2, 0.25) is 0 Å². The van der Waals surface area contributed by atoms with Crippen LogP contribution in [0.25, 0.3) is 0 Å². The predicted octanol–water partition coefficient (Wildman–Crippen LogP) is 2.41. The van der Waals surface area contributed by atoms with Crippen LogP contribution in [0.4, 0.5) is 11.4 Å². The molecule has 0 aromatic heterocycles. The third-order valence-corrected chi connectivity index (χ3v) is 3.31. The van der Waals surface area contributed by atoms with E-state index < -0.39 is 23.4 Å². The first kappa shape index (κ1) is 18.7. The largest absolute Gasteiger partial charge is 0.496 e. The van der Waals surface area contributed by atoms with Gasteiger partial charge in [0.05, 0.1) is 19.1 Å². The summed E-state index contributed by atoms with van der Waals surface area (Å²) in [5, 5.41) is 13.1. The van der Waals surface area contributed by atoms with Crippen molar-refractivity contribution < 1.29 is 28.7 Å². The number of anilines is 1. The van der Waals surface area contributed by atoms with Gasteiger partial charge in [-0.05, 0) is 18.2 Å². The van der Waals surface area contributed by atoms with Crippen LogP contribution < -0.4 is 14.8 Å². The number of carbonyl (C=O) groups is 2. The number of carbonyl (C=O) groups excluding carboxylic acids is 2. The number of hydrogen-bond donors (Lipinski definition) is 1. The van der Waals surface area contributed by atoms with Crippen molar-refractivity contribution in [1.82, 2.24) is 0 Å². The van der Waals surface area contributed by atoms with E-state index in [0.717, 1.165) is 0 Å². The molecule has 0 aliphatic heterocycles. The first-order valence-corrected chi connectivity index (χ1v) is 7.38. The molecule has 0 spiro atoms. The highest BCUT2D eigenvalue weighted by atomic mass is 16.6. The zero-order valence-corrected chi connectivity index (χ0v) is 14.1. The number of nitro benzene ring substituents is 1. The van der Waals surface area contributed by atoms with E-state index in [9.17, 15) is 19.7 Å². The van der Waals surface area contributed by atoms with Crippen LogP contribution in [0.1, 0.15) is 10.4 Å². The van der Waals surface area contributed by atoms with Crippen molar-refractivity contribution in [2.45, 2.75) is 0 Å². The van der Waals surface area contributed by atoms with Crippen LogP contribution in [0.15, 0.2) is 42.5 Å². The molecule has 0 radical (unpaired) electrons. The quantitative estimate of drug-likeness (QED) is 0.458. The fraction of sp³-hybridized carbons (Fsp3) is 0.176. The molecule has 2 aromatic carbocycles. The van der Waals surface area contributed by atoms with Crippen molar-refractivity contribution in [3.63, 3.8) is 0 Å². The first-order valence-electron chi connectivity index (χ1n) is 7.38. The number of hydrogen-bond acceptors (Lipinski definition) is 7. The van der Waals surface area contributed by atoms with Gasteiger partial charge in [-0.1, -0.05) is 12.1 Å². The van der Waals surface area contributed by atoms with Crippen LogP contribution in [0.5, 0.6) is 11.5 Å². The summed E-state index contributed by atoms with van der Waals surface area (Å²) in [5.41, 5.74) is 0.106. The monoisotopic (exact) mass is 360 g/mol. The van der Waals surface area contributed by atoms with Crippen molar-refractivity contribution in [1.29, 1.82) is 0 Å². The maximum absolute atomic E-state index is 12.3. The summed E-state index contributed by atoms with van der Waals surface area (Å²) in [6, 6.07) is 10.2. The zero-order valence-electron chi connectivity index (χ0n) is 14.1. The van der Waals surface area contributed by atoms with E-state index in [1.165, 1.54) is 38.5 Å². The molecule has 1 N–H and O–H groups in total. The van der Waals surface area contributed by atoms with Crippen molar-refractivity contribution in [2.24, 2.45) is 0 Å². The number of nitrogens with zero attached hydrogens (tertiary/aromatic N) is 1. The maximum Gasteiger partial charge on any atom is 0.346 e. The van der Waals surface area contributed by atoms with E-state index in [2.05, 4.69) is 5.32 Å². The Kier molecular flexibility index (Phi) is 6.10. The molecule has 9 heteroatoms. The second-order valence-corrected chi connectivity index (χ2v) is 4.97. The number of rotatable bonds is 7. The van der Waals surface area contributed by atoms with Crippen LogP contribution in [0.2, 0.25) is 0 Å². The molecular weight excluding hydrogens is 344 g/mol. The minimum atomic E-state index is -0.798. The van der Waals surface area contributed by atoms with Crippen LogP contribution in [0.3, 0.4) is 0 Å². The molecule has 2 rings (SSSR count). The fourth-order valence-corrected chi connectivity index (χ4v) is 2.15. The van der Waals surface area contributed by atoms with Crippen LogP contribution in [-0.2, 0) is 9.53 Å². The Morgan fingerprint density at radius 3 is 2.27 bits per heavy atom. The van der Waals surface area contributed by atoms with Gasteiger partial charge in [-0.2, -0.15) is 0 Å². The van der Waals surface area contributed by atoms with Gasteiger partial charge in [-0.3, -0.25) is 14.9 Å². The van der Waals surface area contributed by atoms with Gasteiger partial charge < -0.3 is 19.5 Å². The Bertz CT molecular complexity index is 813. The lowest BCUT2D eigenvalue weighted by Gasteiger charge is -2.12. The van der Waals surface area contributed by atoms with Crippen molar-refractivity contribution in [3.05, 3.63) is 58.1 Å². The molecular formula is C17H16N2O7. The summed E-state index contributed by atoms with van der Waals surface area (Å²) in [4.78, 5) is 34.3. The number of esters is 1. The average Bonchev–Trinajstić information content (AvgIpc) is 2.65. The summed E-state index contributed by atoms with van der Waals surface area (Å²) >= 11 is 0. The number of amides is 1. The first-order chi connectivity index (χ1) is 12.5. The van der Waals surface area contributed by atoms with Gasteiger partial charge in [-0.15, -0.1) is 0 Å². The summed E-state index contributed by atoms with van der Waals surface area (Å²) in [5.74, 6) is -0.955. The lowest BCUT2D eigenvalue weighted by Crippen LogP contribution is -2.21. The standard InChI is InChI=1S/C17H16N2O7/c1-24-13-7-4-8-14(25-2)16(13)17(21)26-10-15(20)18-11-5-3-6-12(9-11)19(22)23/h3-9H,10H2,1-2H3,(H,18,20). The van der Waals surface area contributed by atoms with E-state index in [1.54, 1.807) is 18.2 Å². The highest BCUT2D eigenvalue weighted by molar-refractivity contribution is 5.98. The minimum absolute atomic E-state index is 0.0562. The van der Waals surface area contributed by atoms with Crippen molar-refractivity contribution >= 4 is 23.3 Å². The molecule has 9 nitrogen and oxygen atoms in total. The van der Waals surface area contributed by atoms with Gasteiger partial charge in [0.15, 0.2) is 6.61 Å². The Morgan fingerprint density at radius 1 is 1.08 bits per heavy atom. The molecule has 1 amide bonds. The van der Waals surface area contributed by atoms with Crippen LogP contribution >= 0.6 is 0 Å². The topological polar surface area (TPSA) is 117 Å². The lowest BCUT2D eigenvalue weighted by atomic mass is 10.2. The van der Waals surface area contributed by atoms with E-state index in [0.29, 0.717) is 0 Å². The number of benzene rings is 2. The number of ether oxygens (including phenoxy) is 3. The molecule has 0 aliphatic rings. The molecule has 136 valence electrons. The summed E-state index contributed by atoms with van der Waals surface area (Å²) < 4.78 is 15.2. The highest BCUT2D eigenvalue weighted by Gasteiger charge is 2.20. The third kappa shape index (κ3) is 4.47. The molecule has 0 saturated carbocycles. The van der Waals surface area contributed by atoms with Gasteiger partial charge in [-0.25, -0.2) is 4.79 Å². The average molecular weight is 360 g/mol. The number of non-ortho nitro benzene ring substituents is 1.